The molecule has 0 fully saturated rings. The van der Waals surface area contributed by atoms with Gasteiger partial charge in [0.15, 0.2) is 0 Å². The van der Waals surface area contributed by atoms with Crippen LogP contribution in [0.3, 0.4) is 0 Å². The highest BCUT2D eigenvalue weighted by Crippen LogP contribution is 2.04. The van der Waals surface area contributed by atoms with Crippen molar-refractivity contribution in [3.8, 4) is 6.07 Å². The van der Waals surface area contributed by atoms with Crippen LogP contribution in [0.2, 0.25) is 0 Å². The van der Waals surface area contributed by atoms with Gasteiger partial charge in [-0.15, -0.1) is 0 Å². The molecule has 0 saturated carbocycles. The predicted octanol–water partition coefficient (Wildman–Crippen LogP) is 0.371. The van der Waals surface area contributed by atoms with Crippen molar-refractivity contribution >= 4 is 5.91 Å². The van der Waals surface area contributed by atoms with E-state index in [1.165, 1.54) is 0 Å². The van der Waals surface area contributed by atoms with Gasteiger partial charge in [0.1, 0.15) is 0 Å². The molecule has 0 heterocycles. The Labute approximate surface area is 97.4 Å². The van der Waals surface area contributed by atoms with Gasteiger partial charge in [0.2, 0.25) is 5.91 Å². The van der Waals surface area contributed by atoms with Crippen molar-refractivity contribution in [2.45, 2.75) is 32.9 Å². The van der Waals surface area contributed by atoms with Crippen molar-refractivity contribution in [1.29, 1.82) is 5.26 Å². The van der Waals surface area contributed by atoms with E-state index in [1.54, 1.807) is 14.0 Å². The molecular formula is C11H21N3O2. The highest BCUT2D eigenvalue weighted by molar-refractivity contribution is 5.81. The largest absolute Gasteiger partial charge is 0.383 e. The van der Waals surface area contributed by atoms with E-state index in [-0.39, 0.29) is 24.5 Å². The maximum absolute atomic E-state index is 11.7. The number of ether oxygens (including phenoxy) is 1. The average Bonchev–Trinajstić information content (AvgIpc) is 2.24. The van der Waals surface area contributed by atoms with Crippen LogP contribution in [-0.2, 0) is 9.53 Å². The zero-order chi connectivity index (χ0) is 12.6. The summed E-state index contributed by atoms with van der Waals surface area (Å²) in [6, 6.07) is 1.95. The lowest BCUT2D eigenvalue weighted by Crippen LogP contribution is -2.48. The van der Waals surface area contributed by atoms with Gasteiger partial charge in [0, 0.05) is 19.7 Å². The topological polar surface area (TPSA) is 65.4 Å². The molecule has 0 saturated heterocycles. The molecule has 1 N–H and O–H groups in total. The number of carbonyl (C=O) groups excluding carboxylic acids is 1. The van der Waals surface area contributed by atoms with Crippen LogP contribution in [0.5, 0.6) is 0 Å². The average molecular weight is 227 g/mol. The summed E-state index contributed by atoms with van der Waals surface area (Å²) in [7, 11) is 1.59. The van der Waals surface area contributed by atoms with Gasteiger partial charge in [-0.25, -0.2) is 0 Å². The second-order valence-corrected chi connectivity index (χ2v) is 3.88. The second-order valence-electron chi connectivity index (χ2n) is 3.88. The number of rotatable bonds is 7. The summed E-state index contributed by atoms with van der Waals surface area (Å²) in [4.78, 5) is 13.6. The molecule has 0 aromatic heterocycles. The molecule has 0 spiro atoms. The number of amides is 1. The van der Waals surface area contributed by atoms with E-state index in [0.29, 0.717) is 13.2 Å². The summed E-state index contributed by atoms with van der Waals surface area (Å²) in [6.07, 6.45) is 0. The maximum atomic E-state index is 11.7. The zero-order valence-electron chi connectivity index (χ0n) is 10.5. The fourth-order valence-corrected chi connectivity index (χ4v) is 1.42. The Bertz CT molecular complexity index is 248. The minimum atomic E-state index is -0.295. The Kier molecular flexibility index (Phi) is 7.52. The molecule has 5 nitrogen and oxygen atoms in total. The minimum Gasteiger partial charge on any atom is -0.383 e. The molecule has 0 aliphatic heterocycles. The lowest BCUT2D eigenvalue weighted by Gasteiger charge is -2.29. The Morgan fingerprint density at radius 1 is 1.50 bits per heavy atom. The first kappa shape index (κ1) is 14.9. The van der Waals surface area contributed by atoms with Crippen molar-refractivity contribution in [1.82, 2.24) is 10.2 Å². The molecule has 1 unspecified atom stereocenters. The normalized spacial score (nSPS) is 12.6. The number of hydrogen-bond donors (Lipinski definition) is 1. The van der Waals surface area contributed by atoms with Crippen molar-refractivity contribution < 1.29 is 9.53 Å². The van der Waals surface area contributed by atoms with E-state index in [9.17, 15) is 4.79 Å². The molecule has 0 aromatic rings. The van der Waals surface area contributed by atoms with Gasteiger partial charge < -0.3 is 10.1 Å². The molecule has 0 radical (unpaired) electrons. The quantitative estimate of drug-likeness (QED) is 0.504. The van der Waals surface area contributed by atoms with Gasteiger partial charge in [-0.3, -0.25) is 9.69 Å². The van der Waals surface area contributed by atoms with Crippen LogP contribution in [-0.4, -0.2) is 49.7 Å². The molecule has 1 atom stereocenters. The zero-order valence-corrected chi connectivity index (χ0v) is 10.5. The van der Waals surface area contributed by atoms with Crippen LogP contribution >= 0.6 is 0 Å². The van der Waals surface area contributed by atoms with Crippen molar-refractivity contribution in [2.75, 3.05) is 26.8 Å². The molecule has 0 rings (SSSR count). The molecular weight excluding hydrogens is 206 g/mol. The number of nitriles is 1. The molecule has 0 aliphatic carbocycles. The van der Waals surface area contributed by atoms with Crippen LogP contribution < -0.4 is 5.32 Å². The Morgan fingerprint density at radius 2 is 2.12 bits per heavy atom. The van der Waals surface area contributed by atoms with Crippen LogP contribution in [0.25, 0.3) is 0 Å². The van der Waals surface area contributed by atoms with E-state index in [2.05, 4.69) is 11.4 Å². The predicted molar refractivity (Wildman–Crippen MR) is 61.8 cm³/mol. The first-order valence-electron chi connectivity index (χ1n) is 5.44. The Morgan fingerprint density at radius 3 is 2.56 bits per heavy atom. The standard InChI is InChI=1S/C11H21N3O2/c1-9(2)14(7-5-12)10(3)11(15)13-6-8-16-4/h9-10H,6-8H2,1-4H3,(H,13,15). The second kappa shape index (κ2) is 8.08. The fourth-order valence-electron chi connectivity index (χ4n) is 1.42. The maximum Gasteiger partial charge on any atom is 0.237 e. The first-order chi connectivity index (χ1) is 7.54. The number of nitrogens with zero attached hydrogens (tertiary/aromatic N) is 2. The summed E-state index contributed by atoms with van der Waals surface area (Å²) in [6.45, 7) is 7.00. The van der Waals surface area contributed by atoms with E-state index in [4.69, 9.17) is 10.00 Å². The van der Waals surface area contributed by atoms with Crippen molar-refractivity contribution in [3.05, 3.63) is 0 Å². The minimum absolute atomic E-state index is 0.0685. The van der Waals surface area contributed by atoms with Gasteiger partial charge in [-0.1, -0.05) is 0 Å². The molecule has 0 aliphatic rings. The number of nitrogens with one attached hydrogen (secondary N) is 1. The van der Waals surface area contributed by atoms with Gasteiger partial charge in [0.25, 0.3) is 0 Å². The number of methoxy groups -OCH3 is 1. The third kappa shape index (κ3) is 5.10. The van der Waals surface area contributed by atoms with E-state index in [1.807, 2.05) is 18.7 Å². The van der Waals surface area contributed by atoms with E-state index < -0.39 is 0 Å². The van der Waals surface area contributed by atoms with Crippen LogP contribution in [0, 0.1) is 11.3 Å². The SMILES string of the molecule is COCCNC(=O)C(C)N(CC#N)C(C)C. The van der Waals surface area contributed by atoms with Crippen LogP contribution in [0.1, 0.15) is 20.8 Å². The summed E-state index contributed by atoms with van der Waals surface area (Å²) < 4.78 is 4.85. The van der Waals surface area contributed by atoms with E-state index >= 15 is 0 Å². The summed E-state index contributed by atoms with van der Waals surface area (Å²) in [5.74, 6) is -0.0685. The van der Waals surface area contributed by atoms with Crippen LogP contribution in [0.15, 0.2) is 0 Å². The lowest BCUT2D eigenvalue weighted by molar-refractivity contribution is -0.126. The molecule has 92 valence electrons. The third-order valence-electron chi connectivity index (χ3n) is 2.40. The number of hydrogen-bond acceptors (Lipinski definition) is 4. The highest BCUT2D eigenvalue weighted by Gasteiger charge is 2.22. The molecule has 0 aromatic carbocycles. The highest BCUT2D eigenvalue weighted by atomic mass is 16.5. The summed E-state index contributed by atoms with van der Waals surface area (Å²) >= 11 is 0. The Balaban J connectivity index is 4.21. The van der Waals surface area contributed by atoms with Gasteiger partial charge in [0.05, 0.1) is 25.3 Å². The van der Waals surface area contributed by atoms with Gasteiger partial charge >= 0.3 is 0 Å². The van der Waals surface area contributed by atoms with Gasteiger partial charge in [-0.2, -0.15) is 5.26 Å². The molecule has 0 bridgehead atoms. The van der Waals surface area contributed by atoms with Crippen molar-refractivity contribution in [2.24, 2.45) is 0 Å². The van der Waals surface area contributed by atoms with E-state index in [0.717, 1.165) is 0 Å². The Hall–Kier alpha value is -1.12. The molecule has 5 heteroatoms. The monoisotopic (exact) mass is 227 g/mol. The molecule has 16 heavy (non-hydrogen) atoms. The third-order valence-corrected chi connectivity index (χ3v) is 2.40. The summed E-state index contributed by atoms with van der Waals surface area (Å²) in [5, 5.41) is 11.4. The fraction of sp³-hybridized carbons (Fsp3) is 0.818. The summed E-state index contributed by atoms with van der Waals surface area (Å²) in [5.41, 5.74) is 0. The molecule has 1 amide bonds. The van der Waals surface area contributed by atoms with Crippen molar-refractivity contribution in [3.63, 3.8) is 0 Å². The number of carbonyl (C=O) groups is 1. The lowest BCUT2D eigenvalue weighted by atomic mass is 10.2. The smallest absolute Gasteiger partial charge is 0.237 e. The first-order valence-corrected chi connectivity index (χ1v) is 5.44. The van der Waals surface area contributed by atoms with Gasteiger partial charge in [-0.05, 0) is 20.8 Å². The van der Waals surface area contributed by atoms with Crippen LogP contribution in [0.4, 0.5) is 0 Å².